The highest BCUT2D eigenvalue weighted by molar-refractivity contribution is 5.95. The SMILES string of the molecule is O=C=Nc1ccc(N2CCCCC2)c(C(=O)O)c1. The molecule has 1 fully saturated rings. The molecule has 1 aromatic rings. The van der Waals surface area contributed by atoms with Crippen LogP contribution in [0.3, 0.4) is 0 Å². The zero-order chi connectivity index (χ0) is 13.0. The Balaban J connectivity index is 2.39. The van der Waals surface area contributed by atoms with Gasteiger partial charge < -0.3 is 10.0 Å². The van der Waals surface area contributed by atoms with Gasteiger partial charge in [0.15, 0.2) is 0 Å². The second-order valence-electron chi connectivity index (χ2n) is 4.26. The van der Waals surface area contributed by atoms with Crippen molar-refractivity contribution < 1.29 is 14.7 Å². The summed E-state index contributed by atoms with van der Waals surface area (Å²) in [5.41, 5.74) is 1.21. The summed E-state index contributed by atoms with van der Waals surface area (Å²) in [6.45, 7) is 1.74. The average molecular weight is 246 g/mol. The minimum Gasteiger partial charge on any atom is -0.478 e. The number of carboxylic acids is 1. The van der Waals surface area contributed by atoms with Gasteiger partial charge in [-0.15, -0.1) is 0 Å². The lowest BCUT2D eigenvalue weighted by Crippen LogP contribution is -2.30. The lowest BCUT2D eigenvalue weighted by atomic mass is 10.1. The number of benzene rings is 1. The number of rotatable bonds is 3. The first-order valence-corrected chi connectivity index (χ1v) is 5.92. The fourth-order valence-electron chi connectivity index (χ4n) is 2.23. The highest BCUT2D eigenvalue weighted by atomic mass is 16.4. The Hall–Kier alpha value is -2.13. The van der Waals surface area contributed by atoms with Crippen LogP contribution in [0.5, 0.6) is 0 Å². The monoisotopic (exact) mass is 246 g/mol. The maximum atomic E-state index is 11.3. The minimum atomic E-state index is -1.00. The van der Waals surface area contributed by atoms with Gasteiger partial charge in [0.2, 0.25) is 6.08 Å². The number of carboxylic acid groups (broad SMARTS) is 1. The van der Waals surface area contributed by atoms with E-state index in [2.05, 4.69) is 9.89 Å². The Bertz CT molecular complexity index is 501. The van der Waals surface area contributed by atoms with E-state index in [9.17, 15) is 14.7 Å². The molecule has 0 unspecified atom stereocenters. The quantitative estimate of drug-likeness (QED) is 0.656. The second kappa shape index (κ2) is 5.47. The third-order valence-corrected chi connectivity index (χ3v) is 3.08. The number of anilines is 1. The largest absolute Gasteiger partial charge is 0.478 e. The number of hydrogen-bond donors (Lipinski definition) is 1. The number of carbonyl (C=O) groups excluding carboxylic acids is 1. The van der Waals surface area contributed by atoms with E-state index in [0.717, 1.165) is 25.9 Å². The lowest BCUT2D eigenvalue weighted by molar-refractivity contribution is 0.0697. The maximum absolute atomic E-state index is 11.3. The van der Waals surface area contributed by atoms with Crippen LogP contribution >= 0.6 is 0 Å². The lowest BCUT2D eigenvalue weighted by Gasteiger charge is -2.29. The van der Waals surface area contributed by atoms with Gasteiger partial charge in [0.1, 0.15) is 0 Å². The Labute approximate surface area is 105 Å². The summed E-state index contributed by atoms with van der Waals surface area (Å²) in [4.78, 5) is 27.0. The van der Waals surface area contributed by atoms with E-state index in [4.69, 9.17) is 0 Å². The Kier molecular flexibility index (Phi) is 3.75. The van der Waals surface area contributed by atoms with E-state index in [0.29, 0.717) is 11.4 Å². The van der Waals surface area contributed by atoms with Gasteiger partial charge in [-0.3, -0.25) is 0 Å². The first-order valence-electron chi connectivity index (χ1n) is 5.92. The Morgan fingerprint density at radius 3 is 2.61 bits per heavy atom. The van der Waals surface area contributed by atoms with Gasteiger partial charge in [-0.2, -0.15) is 4.99 Å². The number of hydrogen-bond acceptors (Lipinski definition) is 4. The molecule has 0 aromatic heterocycles. The smallest absolute Gasteiger partial charge is 0.337 e. The molecule has 1 heterocycles. The fourth-order valence-corrected chi connectivity index (χ4v) is 2.23. The van der Waals surface area contributed by atoms with Crippen molar-refractivity contribution in [3.63, 3.8) is 0 Å². The Morgan fingerprint density at radius 2 is 2.00 bits per heavy atom. The van der Waals surface area contributed by atoms with Crippen molar-refractivity contribution in [2.45, 2.75) is 19.3 Å². The van der Waals surface area contributed by atoms with Crippen molar-refractivity contribution in [1.82, 2.24) is 0 Å². The standard InChI is InChI=1S/C13H14N2O3/c16-9-14-10-4-5-12(11(8-10)13(17)18)15-6-2-1-3-7-15/h4-5,8H,1-3,6-7H2,(H,17,18). The molecule has 1 aliphatic rings. The molecule has 1 saturated heterocycles. The van der Waals surface area contributed by atoms with Gasteiger partial charge in [0, 0.05) is 13.1 Å². The molecule has 2 rings (SSSR count). The molecule has 0 spiro atoms. The van der Waals surface area contributed by atoms with Gasteiger partial charge in [-0.25, -0.2) is 9.59 Å². The van der Waals surface area contributed by atoms with Crippen LogP contribution in [0.25, 0.3) is 0 Å². The van der Waals surface area contributed by atoms with Crippen molar-refractivity contribution >= 4 is 23.4 Å². The molecular formula is C13H14N2O3. The molecule has 0 aliphatic carbocycles. The molecule has 0 atom stereocenters. The summed E-state index contributed by atoms with van der Waals surface area (Å²) in [5.74, 6) is -1.00. The van der Waals surface area contributed by atoms with Crippen molar-refractivity contribution in [1.29, 1.82) is 0 Å². The third-order valence-electron chi connectivity index (χ3n) is 3.08. The summed E-state index contributed by atoms with van der Waals surface area (Å²) < 4.78 is 0. The topological polar surface area (TPSA) is 70.0 Å². The number of aliphatic imine (C=N–C) groups is 1. The molecular weight excluding hydrogens is 232 g/mol. The van der Waals surface area contributed by atoms with Crippen LogP contribution in [0.1, 0.15) is 29.6 Å². The van der Waals surface area contributed by atoms with Crippen molar-refractivity contribution in [3.05, 3.63) is 23.8 Å². The van der Waals surface area contributed by atoms with Crippen molar-refractivity contribution in [2.75, 3.05) is 18.0 Å². The predicted molar refractivity (Wildman–Crippen MR) is 67.2 cm³/mol. The van der Waals surface area contributed by atoms with Crippen LogP contribution < -0.4 is 4.90 Å². The first kappa shape index (κ1) is 12.3. The van der Waals surface area contributed by atoms with E-state index < -0.39 is 5.97 Å². The zero-order valence-corrected chi connectivity index (χ0v) is 9.93. The predicted octanol–water partition coefficient (Wildman–Crippen LogP) is 2.34. The maximum Gasteiger partial charge on any atom is 0.337 e. The molecule has 1 aliphatic heterocycles. The van der Waals surface area contributed by atoms with Crippen LogP contribution in [0.4, 0.5) is 11.4 Å². The number of nitrogens with zero attached hydrogens (tertiary/aromatic N) is 2. The van der Waals surface area contributed by atoms with Crippen LogP contribution in [-0.2, 0) is 4.79 Å². The highest BCUT2D eigenvalue weighted by Gasteiger charge is 2.18. The normalized spacial score (nSPS) is 15.0. The van der Waals surface area contributed by atoms with Crippen molar-refractivity contribution in [3.8, 4) is 0 Å². The summed E-state index contributed by atoms with van der Waals surface area (Å²) in [7, 11) is 0. The van der Waals surface area contributed by atoms with Crippen LogP contribution in [0.2, 0.25) is 0 Å². The van der Waals surface area contributed by atoms with E-state index in [1.54, 1.807) is 12.1 Å². The molecule has 5 heteroatoms. The molecule has 0 bridgehead atoms. The summed E-state index contributed by atoms with van der Waals surface area (Å²) in [6, 6.07) is 4.77. The molecule has 94 valence electrons. The first-order chi connectivity index (χ1) is 8.72. The van der Waals surface area contributed by atoms with E-state index in [1.807, 2.05) is 0 Å². The van der Waals surface area contributed by atoms with Crippen LogP contribution in [0.15, 0.2) is 23.2 Å². The molecule has 0 amide bonds. The number of isocyanates is 1. The summed E-state index contributed by atoms with van der Waals surface area (Å²) in [5, 5.41) is 9.22. The highest BCUT2D eigenvalue weighted by Crippen LogP contribution is 2.28. The number of aromatic carboxylic acids is 1. The van der Waals surface area contributed by atoms with Gasteiger partial charge in [-0.05, 0) is 37.5 Å². The van der Waals surface area contributed by atoms with E-state index >= 15 is 0 Å². The molecule has 1 aromatic carbocycles. The minimum absolute atomic E-state index is 0.188. The third kappa shape index (κ3) is 2.57. The van der Waals surface area contributed by atoms with Gasteiger partial charge in [0.05, 0.1) is 16.9 Å². The summed E-state index contributed by atoms with van der Waals surface area (Å²) >= 11 is 0. The molecule has 0 radical (unpaired) electrons. The van der Waals surface area contributed by atoms with E-state index in [-0.39, 0.29) is 5.56 Å². The fraction of sp³-hybridized carbons (Fsp3) is 0.385. The molecule has 18 heavy (non-hydrogen) atoms. The number of piperidine rings is 1. The average Bonchev–Trinajstić information content (AvgIpc) is 2.40. The summed E-state index contributed by atoms with van der Waals surface area (Å²) in [6.07, 6.45) is 4.76. The van der Waals surface area contributed by atoms with Gasteiger partial charge >= 0.3 is 5.97 Å². The van der Waals surface area contributed by atoms with Crippen LogP contribution in [-0.4, -0.2) is 30.2 Å². The molecule has 5 nitrogen and oxygen atoms in total. The van der Waals surface area contributed by atoms with Crippen molar-refractivity contribution in [2.24, 2.45) is 4.99 Å². The number of carbonyl (C=O) groups is 1. The second-order valence-corrected chi connectivity index (χ2v) is 4.26. The van der Waals surface area contributed by atoms with Gasteiger partial charge in [0.25, 0.3) is 0 Å². The zero-order valence-electron chi connectivity index (χ0n) is 9.93. The van der Waals surface area contributed by atoms with Gasteiger partial charge in [-0.1, -0.05) is 0 Å². The molecule has 1 N–H and O–H groups in total. The Morgan fingerprint density at radius 1 is 1.28 bits per heavy atom. The van der Waals surface area contributed by atoms with Crippen LogP contribution in [0, 0.1) is 0 Å². The van der Waals surface area contributed by atoms with E-state index in [1.165, 1.54) is 18.6 Å². The molecule has 0 saturated carbocycles.